The summed E-state index contributed by atoms with van der Waals surface area (Å²) in [5, 5.41) is 9.25. The second kappa shape index (κ2) is 9.23. The molecule has 0 spiro atoms. The number of rotatable bonds is 7. The van der Waals surface area contributed by atoms with Gasteiger partial charge in [-0.15, -0.1) is 23.4 Å². The Morgan fingerprint density at radius 1 is 1.16 bits per heavy atom. The second-order valence-corrected chi connectivity index (χ2v) is 9.20. The fraction of sp³-hybridized carbons (Fsp3) is 0.348. The van der Waals surface area contributed by atoms with Crippen molar-refractivity contribution in [1.82, 2.24) is 4.90 Å². The summed E-state index contributed by atoms with van der Waals surface area (Å²) in [6.07, 6.45) is -2.08. The number of esters is 1. The molecular formula is C23H22ClNO6S. The standard InChI is InChI=1S/C23H22ClNO6S/c1-23(31-16(26)12-24)13-32-21-17(27)20(28)25(21)19(23)22(29)30-18(14-8-4-2-5-9-14)15-10-6-3-7-11-15/h2-11,16,18-19,21,26H,12-13H2,1H3. The number of thioether (sulfide) groups is 1. The maximum Gasteiger partial charge on any atom is 0.332 e. The van der Waals surface area contributed by atoms with Gasteiger partial charge in [-0.05, 0) is 18.1 Å². The molecule has 2 aromatic carbocycles. The van der Waals surface area contributed by atoms with E-state index in [9.17, 15) is 19.5 Å². The van der Waals surface area contributed by atoms with Crippen LogP contribution in [0.25, 0.3) is 0 Å². The molecule has 0 bridgehead atoms. The third-order valence-electron chi connectivity index (χ3n) is 5.51. The molecule has 0 aromatic heterocycles. The van der Waals surface area contributed by atoms with Crippen molar-refractivity contribution in [3.8, 4) is 0 Å². The van der Waals surface area contributed by atoms with Crippen LogP contribution in [-0.4, -0.2) is 62.6 Å². The van der Waals surface area contributed by atoms with Crippen LogP contribution in [-0.2, 0) is 23.9 Å². The fourth-order valence-electron chi connectivity index (χ4n) is 3.99. The number of carbonyl (C=O) groups excluding carboxylic acids is 3. The fourth-order valence-corrected chi connectivity index (χ4v) is 5.40. The Hall–Kier alpha value is -2.39. The lowest BCUT2D eigenvalue weighted by molar-refractivity contribution is -0.208. The summed E-state index contributed by atoms with van der Waals surface area (Å²) in [6.45, 7) is 1.61. The van der Waals surface area contributed by atoms with Crippen LogP contribution >= 0.6 is 23.4 Å². The number of aliphatic hydroxyl groups excluding tert-OH is 1. The Morgan fingerprint density at radius 3 is 2.25 bits per heavy atom. The highest BCUT2D eigenvalue weighted by Gasteiger charge is 2.62. The summed E-state index contributed by atoms with van der Waals surface area (Å²) in [4.78, 5) is 39.2. The van der Waals surface area contributed by atoms with Crippen LogP contribution in [0.4, 0.5) is 0 Å². The van der Waals surface area contributed by atoms with Crippen molar-refractivity contribution in [2.75, 3.05) is 11.6 Å². The molecule has 9 heteroatoms. The first-order valence-corrected chi connectivity index (χ1v) is 11.6. The minimum absolute atomic E-state index is 0.197. The monoisotopic (exact) mass is 475 g/mol. The highest BCUT2D eigenvalue weighted by molar-refractivity contribution is 8.01. The van der Waals surface area contributed by atoms with E-state index in [1.54, 1.807) is 6.92 Å². The maximum absolute atomic E-state index is 13.6. The molecule has 32 heavy (non-hydrogen) atoms. The number of amides is 1. The highest BCUT2D eigenvalue weighted by atomic mass is 35.5. The molecule has 0 saturated carbocycles. The van der Waals surface area contributed by atoms with Crippen molar-refractivity contribution in [1.29, 1.82) is 0 Å². The van der Waals surface area contributed by atoms with Gasteiger partial charge >= 0.3 is 5.97 Å². The molecule has 4 rings (SSSR count). The van der Waals surface area contributed by atoms with Gasteiger partial charge in [-0.3, -0.25) is 14.5 Å². The minimum Gasteiger partial charge on any atom is -0.451 e. The van der Waals surface area contributed by atoms with E-state index in [-0.39, 0.29) is 11.6 Å². The zero-order valence-corrected chi connectivity index (χ0v) is 18.8. The van der Waals surface area contributed by atoms with Gasteiger partial charge in [0.2, 0.25) is 0 Å². The van der Waals surface area contributed by atoms with Gasteiger partial charge < -0.3 is 14.6 Å². The molecule has 1 amide bonds. The number of nitrogens with zero attached hydrogens (tertiary/aromatic N) is 1. The molecule has 168 valence electrons. The molecule has 0 radical (unpaired) electrons. The van der Waals surface area contributed by atoms with Gasteiger partial charge in [0.25, 0.3) is 11.7 Å². The van der Waals surface area contributed by atoms with Gasteiger partial charge in [0.1, 0.15) is 11.0 Å². The number of halogens is 1. The van der Waals surface area contributed by atoms with Gasteiger partial charge in [-0.2, -0.15) is 0 Å². The molecular weight excluding hydrogens is 454 g/mol. The molecule has 2 heterocycles. The molecule has 1 N–H and O–H groups in total. The van der Waals surface area contributed by atoms with Crippen LogP contribution in [0.15, 0.2) is 60.7 Å². The SMILES string of the molecule is CC1(OC(O)CCl)CSC2C(=O)C(=O)N2C1C(=O)OC(c1ccccc1)c1ccccc1. The lowest BCUT2D eigenvalue weighted by Crippen LogP contribution is -2.75. The number of ketones is 1. The van der Waals surface area contributed by atoms with Crippen molar-refractivity contribution >= 4 is 41.0 Å². The summed E-state index contributed by atoms with van der Waals surface area (Å²) < 4.78 is 11.6. The molecule has 4 unspecified atom stereocenters. The number of fused-ring (bicyclic) bond motifs is 1. The Balaban J connectivity index is 1.68. The minimum atomic E-state index is -1.35. The second-order valence-electron chi connectivity index (χ2n) is 7.82. The van der Waals surface area contributed by atoms with Crippen LogP contribution < -0.4 is 0 Å². The summed E-state index contributed by atoms with van der Waals surface area (Å²) in [5.41, 5.74) is 0.201. The van der Waals surface area contributed by atoms with Crippen molar-refractivity contribution in [2.45, 2.75) is 36.3 Å². The normalized spacial score (nSPS) is 25.8. The first kappa shape index (κ1) is 22.8. The van der Waals surface area contributed by atoms with Crippen LogP contribution in [0, 0.1) is 0 Å². The predicted molar refractivity (Wildman–Crippen MR) is 119 cm³/mol. The van der Waals surface area contributed by atoms with E-state index < -0.39 is 47.1 Å². The average Bonchev–Trinajstić information content (AvgIpc) is 2.82. The number of hydrogen-bond acceptors (Lipinski definition) is 7. The summed E-state index contributed by atoms with van der Waals surface area (Å²) in [6, 6.07) is 17.2. The van der Waals surface area contributed by atoms with E-state index in [2.05, 4.69) is 0 Å². The Bertz CT molecular complexity index is 967. The number of alkyl halides is 1. The number of ether oxygens (including phenoxy) is 2. The number of benzene rings is 2. The van der Waals surface area contributed by atoms with E-state index >= 15 is 0 Å². The van der Waals surface area contributed by atoms with Gasteiger partial charge in [-0.25, -0.2) is 4.79 Å². The molecule has 2 aliphatic rings. The third kappa shape index (κ3) is 4.15. The summed E-state index contributed by atoms with van der Waals surface area (Å²) >= 11 is 6.89. The largest absolute Gasteiger partial charge is 0.451 e. The van der Waals surface area contributed by atoms with Crippen molar-refractivity contribution < 1.29 is 29.0 Å². The van der Waals surface area contributed by atoms with Crippen LogP contribution in [0.3, 0.4) is 0 Å². The quantitative estimate of drug-likeness (QED) is 0.216. The van der Waals surface area contributed by atoms with Crippen LogP contribution in [0.5, 0.6) is 0 Å². The Morgan fingerprint density at radius 2 is 1.72 bits per heavy atom. The first-order chi connectivity index (χ1) is 15.4. The number of aliphatic hydroxyl groups is 1. The molecule has 2 fully saturated rings. The highest BCUT2D eigenvalue weighted by Crippen LogP contribution is 2.43. The summed E-state index contributed by atoms with van der Waals surface area (Å²) in [7, 11) is 0. The van der Waals surface area contributed by atoms with E-state index in [1.807, 2.05) is 60.7 Å². The van der Waals surface area contributed by atoms with Crippen LogP contribution in [0.2, 0.25) is 0 Å². The Labute approximate surface area is 194 Å². The molecule has 7 nitrogen and oxygen atoms in total. The van der Waals surface area contributed by atoms with Crippen molar-refractivity contribution in [3.63, 3.8) is 0 Å². The topological polar surface area (TPSA) is 93.1 Å². The average molecular weight is 476 g/mol. The molecule has 2 aliphatic heterocycles. The van der Waals surface area contributed by atoms with E-state index in [0.29, 0.717) is 0 Å². The van der Waals surface area contributed by atoms with Gasteiger partial charge in [0.15, 0.2) is 18.4 Å². The van der Waals surface area contributed by atoms with E-state index in [4.69, 9.17) is 21.1 Å². The number of carbonyl (C=O) groups is 3. The van der Waals surface area contributed by atoms with Crippen molar-refractivity contribution in [2.24, 2.45) is 0 Å². The molecule has 2 saturated heterocycles. The zero-order chi connectivity index (χ0) is 22.9. The number of hydrogen-bond donors (Lipinski definition) is 1. The van der Waals surface area contributed by atoms with Gasteiger partial charge in [0.05, 0.1) is 5.88 Å². The van der Waals surface area contributed by atoms with Crippen LogP contribution in [0.1, 0.15) is 24.2 Å². The predicted octanol–water partition coefficient (Wildman–Crippen LogP) is 2.50. The van der Waals surface area contributed by atoms with Crippen molar-refractivity contribution in [3.05, 3.63) is 71.8 Å². The Kier molecular flexibility index (Phi) is 6.57. The van der Waals surface area contributed by atoms with E-state index in [0.717, 1.165) is 11.1 Å². The molecule has 0 aliphatic carbocycles. The van der Waals surface area contributed by atoms with E-state index in [1.165, 1.54) is 16.7 Å². The molecule has 4 atom stereocenters. The third-order valence-corrected chi connectivity index (χ3v) is 7.27. The lowest BCUT2D eigenvalue weighted by Gasteiger charge is -2.53. The smallest absolute Gasteiger partial charge is 0.332 e. The molecule has 2 aromatic rings. The lowest BCUT2D eigenvalue weighted by atomic mass is 9.91. The van der Waals surface area contributed by atoms with Gasteiger partial charge in [0, 0.05) is 5.75 Å². The first-order valence-electron chi connectivity index (χ1n) is 10.1. The van der Waals surface area contributed by atoms with Gasteiger partial charge in [-0.1, -0.05) is 60.7 Å². The zero-order valence-electron chi connectivity index (χ0n) is 17.2. The number of β-lactam (4-membered cyclic amide) rings is 1. The summed E-state index contributed by atoms with van der Waals surface area (Å²) in [5.74, 6) is -2.07. The maximum atomic E-state index is 13.6. The number of Topliss-reactive ketones (excluding diaryl/α,β-unsaturated/α-hetero) is 1.